The molecule has 0 aliphatic rings. The van der Waals surface area contributed by atoms with Crippen LogP contribution in [0.2, 0.25) is 0 Å². The largest absolute Gasteiger partial charge is 0.378 e. The summed E-state index contributed by atoms with van der Waals surface area (Å²) in [6.45, 7) is 6.46. The molecular formula is C21H29N3O3S. The fraction of sp³-hybridized carbons (Fsp3) is 0.381. The van der Waals surface area contributed by atoms with E-state index < -0.39 is 10.0 Å². The van der Waals surface area contributed by atoms with E-state index in [1.54, 1.807) is 17.9 Å². The Morgan fingerprint density at radius 3 is 2.18 bits per heavy atom. The van der Waals surface area contributed by atoms with Crippen molar-refractivity contribution in [2.24, 2.45) is 0 Å². The number of aryl methyl sites for hydroxylation is 1. The Bertz CT molecular complexity index is 952. The van der Waals surface area contributed by atoms with Crippen molar-refractivity contribution >= 4 is 21.6 Å². The van der Waals surface area contributed by atoms with Crippen molar-refractivity contribution < 1.29 is 13.2 Å². The molecule has 0 atom stereocenters. The standard InChI is InChI=1S/C21H29N3O3S/c1-7-24(14-17-8-10-19(11-9-17)23(5)6)21(25)18-12-15(2)16(3)20(13-18)28(26,27)22-4/h8-13,22H,7,14H2,1-6H3. The highest BCUT2D eigenvalue weighted by Gasteiger charge is 2.22. The fourth-order valence-corrected chi connectivity index (χ4v) is 4.04. The zero-order valence-corrected chi connectivity index (χ0v) is 18.2. The van der Waals surface area contributed by atoms with E-state index in [2.05, 4.69) is 4.72 Å². The van der Waals surface area contributed by atoms with Gasteiger partial charge in [-0.15, -0.1) is 0 Å². The third-order valence-electron chi connectivity index (χ3n) is 4.92. The summed E-state index contributed by atoms with van der Waals surface area (Å²) in [7, 11) is 1.69. The van der Waals surface area contributed by atoms with Gasteiger partial charge in [-0.05, 0) is 68.8 Å². The molecule has 2 aromatic rings. The van der Waals surface area contributed by atoms with E-state index in [0.29, 0.717) is 24.2 Å². The number of benzene rings is 2. The van der Waals surface area contributed by atoms with Gasteiger partial charge in [0.2, 0.25) is 10.0 Å². The second kappa shape index (κ2) is 8.75. The van der Waals surface area contributed by atoms with Crippen molar-refractivity contribution in [2.45, 2.75) is 32.2 Å². The zero-order chi connectivity index (χ0) is 21.1. The van der Waals surface area contributed by atoms with E-state index >= 15 is 0 Å². The molecule has 6 nitrogen and oxygen atoms in total. The summed E-state index contributed by atoms with van der Waals surface area (Å²) < 4.78 is 27.0. The lowest BCUT2D eigenvalue weighted by atomic mass is 10.0. The van der Waals surface area contributed by atoms with Crippen LogP contribution in [0.1, 0.15) is 34.0 Å². The Kier molecular flexibility index (Phi) is 6.85. The third kappa shape index (κ3) is 4.72. The Labute approximate surface area is 168 Å². The second-order valence-corrected chi connectivity index (χ2v) is 8.86. The summed E-state index contributed by atoms with van der Waals surface area (Å²) in [5, 5.41) is 0. The van der Waals surface area contributed by atoms with Crippen LogP contribution in [0.15, 0.2) is 41.3 Å². The monoisotopic (exact) mass is 403 g/mol. The molecule has 7 heteroatoms. The van der Waals surface area contributed by atoms with E-state index in [0.717, 1.165) is 16.8 Å². The summed E-state index contributed by atoms with van der Waals surface area (Å²) in [6, 6.07) is 11.3. The van der Waals surface area contributed by atoms with Gasteiger partial charge in [0.1, 0.15) is 0 Å². The highest BCUT2D eigenvalue weighted by Crippen LogP contribution is 2.23. The van der Waals surface area contributed by atoms with Crippen molar-refractivity contribution in [3.8, 4) is 0 Å². The maximum Gasteiger partial charge on any atom is 0.254 e. The van der Waals surface area contributed by atoms with Crippen LogP contribution in [-0.2, 0) is 16.6 Å². The summed E-state index contributed by atoms with van der Waals surface area (Å²) in [4.78, 5) is 17.0. The van der Waals surface area contributed by atoms with E-state index in [1.807, 2.05) is 57.1 Å². The van der Waals surface area contributed by atoms with Crippen LogP contribution in [0.3, 0.4) is 0 Å². The molecule has 0 bridgehead atoms. The van der Waals surface area contributed by atoms with Gasteiger partial charge >= 0.3 is 0 Å². The van der Waals surface area contributed by atoms with Crippen molar-refractivity contribution in [2.75, 3.05) is 32.6 Å². The van der Waals surface area contributed by atoms with E-state index in [-0.39, 0.29) is 10.8 Å². The third-order valence-corrected chi connectivity index (χ3v) is 6.46. The number of hydrogen-bond acceptors (Lipinski definition) is 4. The molecule has 0 aliphatic carbocycles. The van der Waals surface area contributed by atoms with Gasteiger partial charge in [-0.3, -0.25) is 4.79 Å². The van der Waals surface area contributed by atoms with Gasteiger partial charge in [-0.1, -0.05) is 12.1 Å². The van der Waals surface area contributed by atoms with Crippen LogP contribution in [0.25, 0.3) is 0 Å². The molecule has 0 saturated carbocycles. The molecule has 152 valence electrons. The normalized spacial score (nSPS) is 11.4. The maximum absolute atomic E-state index is 13.1. The number of carbonyl (C=O) groups excluding carboxylic acids is 1. The van der Waals surface area contributed by atoms with E-state index in [9.17, 15) is 13.2 Å². The molecule has 0 heterocycles. The summed E-state index contributed by atoms with van der Waals surface area (Å²) in [6.07, 6.45) is 0. The second-order valence-electron chi connectivity index (χ2n) is 7.00. The number of amides is 1. The lowest BCUT2D eigenvalue weighted by Gasteiger charge is -2.23. The van der Waals surface area contributed by atoms with Gasteiger partial charge < -0.3 is 9.80 Å². The van der Waals surface area contributed by atoms with Gasteiger partial charge in [0.25, 0.3) is 5.91 Å². The summed E-state index contributed by atoms with van der Waals surface area (Å²) in [5.74, 6) is -0.185. The fourth-order valence-electron chi connectivity index (χ4n) is 2.97. The number of anilines is 1. The highest BCUT2D eigenvalue weighted by molar-refractivity contribution is 7.89. The first kappa shape index (κ1) is 21.9. The average molecular weight is 404 g/mol. The van der Waals surface area contributed by atoms with Gasteiger partial charge in [0.05, 0.1) is 4.90 Å². The summed E-state index contributed by atoms with van der Waals surface area (Å²) in [5.41, 5.74) is 3.91. The van der Waals surface area contributed by atoms with E-state index in [4.69, 9.17) is 0 Å². The minimum Gasteiger partial charge on any atom is -0.378 e. The first-order valence-electron chi connectivity index (χ1n) is 9.21. The number of rotatable bonds is 7. The highest BCUT2D eigenvalue weighted by atomic mass is 32.2. The maximum atomic E-state index is 13.1. The van der Waals surface area contributed by atoms with Crippen LogP contribution >= 0.6 is 0 Å². The molecule has 2 aromatic carbocycles. The smallest absolute Gasteiger partial charge is 0.254 e. The first-order chi connectivity index (χ1) is 13.1. The Morgan fingerprint density at radius 1 is 1.07 bits per heavy atom. The van der Waals surface area contributed by atoms with Gasteiger partial charge in [-0.2, -0.15) is 0 Å². The van der Waals surface area contributed by atoms with Gasteiger partial charge in [0, 0.05) is 38.4 Å². The van der Waals surface area contributed by atoms with Crippen molar-refractivity contribution in [3.05, 3.63) is 58.7 Å². The lowest BCUT2D eigenvalue weighted by Crippen LogP contribution is -2.31. The molecule has 28 heavy (non-hydrogen) atoms. The molecule has 0 spiro atoms. The van der Waals surface area contributed by atoms with Gasteiger partial charge in [0.15, 0.2) is 0 Å². The number of nitrogens with zero attached hydrogens (tertiary/aromatic N) is 2. The molecule has 0 saturated heterocycles. The number of sulfonamides is 1. The van der Waals surface area contributed by atoms with Crippen LogP contribution in [0, 0.1) is 13.8 Å². The van der Waals surface area contributed by atoms with Gasteiger partial charge in [-0.25, -0.2) is 13.1 Å². The predicted octanol–water partition coefficient (Wildman–Crippen LogP) is 2.94. The minimum absolute atomic E-state index is 0.143. The van der Waals surface area contributed by atoms with Crippen LogP contribution in [0.5, 0.6) is 0 Å². The topological polar surface area (TPSA) is 69.7 Å². The lowest BCUT2D eigenvalue weighted by molar-refractivity contribution is 0.0752. The Hall–Kier alpha value is -2.38. The quantitative estimate of drug-likeness (QED) is 0.772. The molecule has 0 radical (unpaired) electrons. The van der Waals surface area contributed by atoms with Crippen molar-refractivity contribution in [1.82, 2.24) is 9.62 Å². The van der Waals surface area contributed by atoms with Crippen LogP contribution in [0.4, 0.5) is 5.69 Å². The molecular weight excluding hydrogens is 374 g/mol. The molecule has 2 rings (SSSR count). The molecule has 0 unspecified atom stereocenters. The number of nitrogens with one attached hydrogen (secondary N) is 1. The number of carbonyl (C=O) groups is 1. The minimum atomic E-state index is -3.64. The van der Waals surface area contributed by atoms with Crippen LogP contribution in [-0.4, -0.2) is 46.9 Å². The molecule has 0 aromatic heterocycles. The molecule has 1 amide bonds. The summed E-state index contributed by atoms with van der Waals surface area (Å²) >= 11 is 0. The van der Waals surface area contributed by atoms with E-state index in [1.165, 1.54) is 13.1 Å². The zero-order valence-electron chi connectivity index (χ0n) is 17.4. The SMILES string of the molecule is CCN(Cc1ccc(N(C)C)cc1)C(=O)c1cc(C)c(C)c(S(=O)(=O)NC)c1. The van der Waals surface area contributed by atoms with Crippen molar-refractivity contribution in [1.29, 1.82) is 0 Å². The molecule has 0 aliphatic heterocycles. The van der Waals surface area contributed by atoms with Crippen LogP contribution < -0.4 is 9.62 Å². The average Bonchev–Trinajstić information content (AvgIpc) is 2.67. The Morgan fingerprint density at radius 2 is 1.68 bits per heavy atom. The van der Waals surface area contributed by atoms with Crippen molar-refractivity contribution in [3.63, 3.8) is 0 Å². The predicted molar refractivity (Wildman–Crippen MR) is 113 cm³/mol. The molecule has 0 fully saturated rings. The first-order valence-corrected chi connectivity index (χ1v) is 10.7. The molecule has 1 N–H and O–H groups in total. The number of hydrogen-bond donors (Lipinski definition) is 1. The Balaban J connectivity index is 2.34.